The summed E-state index contributed by atoms with van der Waals surface area (Å²) in [5.41, 5.74) is 6.57. The van der Waals surface area contributed by atoms with Crippen LogP contribution in [-0.4, -0.2) is 23.4 Å². The molecule has 1 rings (SSSR count). The monoisotopic (exact) mass is 183 g/mol. The van der Waals surface area contributed by atoms with Gasteiger partial charge in [0.2, 0.25) is 5.88 Å². The molecule has 0 aromatic carbocycles. The van der Waals surface area contributed by atoms with Gasteiger partial charge in [0.05, 0.1) is 13.3 Å². The van der Waals surface area contributed by atoms with Gasteiger partial charge in [0.15, 0.2) is 0 Å². The van der Waals surface area contributed by atoms with Crippen molar-refractivity contribution in [1.82, 2.24) is 9.78 Å². The fourth-order valence-electron chi connectivity index (χ4n) is 1.35. The lowest BCUT2D eigenvalue weighted by Crippen LogP contribution is -2.05. The van der Waals surface area contributed by atoms with Crippen LogP contribution in [-0.2, 0) is 13.0 Å². The zero-order chi connectivity index (χ0) is 9.68. The van der Waals surface area contributed by atoms with Crippen molar-refractivity contribution in [1.29, 1.82) is 0 Å². The van der Waals surface area contributed by atoms with Crippen LogP contribution in [0.3, 0.4) is 0 Å². The Morgan fingerprint density at radius 2 is 2.38 bits per heavy atom. The second kappa shape index (κ2) is 4.87. The molecule has 2 N–H and O–H groups in total. The molecule has 1 heterocycles. The quantitative estimate of drug-likeness (QED) is 0.734. The number of ether oxygens (including phenoxy) is 1. The van der Waals surface area contributed by atoms with Gasteiger partial charge in [0.25, 0.3) is 0 Å². The molecule has 0 bridgehead atoms. The Bertz CT molecular complexity index is 234. The van der Waals surface area contributed by atoms with Crippen molar-refractivity contribution in [2.75, 3.05) is 13.7 Å². The van der Waals surface area contributed by atoms with Gasteiger partial charge < -0.3 is 10.5 Å². The van der Waals surface area contributed by atoms with E-state index in [1.165, 1.54) is 0 Å². The lowest BCUT2D eigenvalue weighted by molar-refractivity contribution is 0.355. The van der Waals surface area contributed by atoms with E-state index in [0.29, 0.717) is 6.54 Å². The number of hydrogen-bond acceptors (Lipinski definition) is 3. The molecule has 4 heteroatoms. The summed E-state index contributed by atoms with van der Waals surface area (Å²) in [6.07, 6.45) is 3.72. The topological polar surface area (TPSA) is 53.1 Å². The van der Waals surface area contributed by atoms with Crippen LogP contribution in [0.25, 0.3) is 0 Å². The molecule has 0 aliphatic rings. The summed E-state index contributed by atoms with van der Waals surface area (Å²) in [6.45, 7) is 3.64. The van der Waals surface area contributed by atoms with Crippen molar-refractivity contribution in [3.63, 3.8) is 0 Å². The van der Waals surface area contributed by atoms with Crippen molar-refractivity contribution in [3.05, 3.63) is 11.8 Å². The molecule has 0 radical (unpaired) electrons. The number of aryl methyl sites for hydroxylation is 1. The Kier molecular flexibility index (Phi) is 3.76. The number of methoxy groups -OCH3 is 1. The highest BCUT2D eigenvalue weighted by Gasteiger charge is 2.08. The van der Waals surface area contributed by atoms with Gasteiger partial charge in [-0.25, -0.2) is 4.68 Å². The Labute approximate surface area is 78.7 Å². The van der Waals surface area contributed by atoms with E-state index in [2.05, 4.69) is 12.0 Å². The fraction of sp³-hybridized carbons (Fsp3) is 0.667. The van der Waals surface area contributed by atoms with E-state index in [9.17, 15) is 0 Å². The summed E-state index contributed by atoms with van der Waals surface area (Å²) < 4.78 is 7.15. The lowest BCUT2D eigenvalue weighted by atomic mass is 10.2. The molecule has 0 aliphatic carbocycles. The first kappa shape index (κ1) is 10.1. The third-order valence-corrected chi connectivity index (χ3v) is 1.90. The van der Waals surface area contributed by atoms with Gasteiger partial charge in [-0.3, -0.25) is 0 Å². The fourth-order valence-corrected chi connectivity index (χ4v) is 1.35. The van der Waals surface area contributed by atoms with E-state index in [-0.39, 0.29) is 0 Å². The standard InChI is InChI=1S/C9H17N3O/c1-3-6-12-9(13-2)8(4-5-10)7-11-12/h7H,3-6,10H2,1-2H3. The number of hydrogen-bond donors (Lipinski definition) is 1. The van der Waals surface area contributed by atoms with E-state index in [1.807, 2.05) is 10.9 Å². The summed E-state index contributed by atoms with van der Waals surface area (Å²) in [6, 6.07) is 0. The average molecular weight is 183 g/mol. The van der Waals surface area contributed by atoms with Crippen LogP contribution in [0, 0.1) is 0 Å². The van der Waals surface area contributed by atoms with E-state index in [0.717, 1.165) is 30.8 Å². The van der Waals surface area contributed by atoms with E-state index < -0.39 is 0 Å². The maximum atomic E-state index is 5.47. The molecule has 0 saturated heterocycles. The van der Waals surface area contributed by atoms with Gasteiger partial charge in [-0.2, -0.15) is 5.10 Å². The molecule has 0 atom stereocenters. The Hall–Kier alpha value is -1.03. The van der Waals surface area contributed by atoms with Crippen LogP contribution in [0.2, 0.25) is 0 Å². The molecule has 74 valence electrons. The molecule has 1 aromatic rings. The van der Waals surface area contributed by atoms with Gasteiger partial charge in [0.1, 0.15) is 0 Å². The molecule has 0 aliphatic heterocycles. The molecule has 1 aromatic heterocycles. The van der Waals surface area contributed by atoms with Crippen LogP contribution in [0.4, 0.5) is 0 Å². The van der Waals surface area contributed by atoms with Crippen LogP contribution < -0.4 is 10.5 Å². The van der Waals surface area contributed by atoms with E-state index in [4.69, 9.17) is 10.5 Å². The molecule has 13 heavy (non-hydrogen) atoms. The molecule has 0 saturated carbocycles. The number of nitrogens with two attached hydrogens (primary N) is 1. The molecular formula is C9H17N3O. The number of aromatic nitrogens is 2. The first-order chi connectivity index (χ1) is 6.33. The maximum Gasteiger partial charge on any atom is 0.214 e. The maximum absolute atomic E-state index is 5.47. The lowest BCUT2D eigenvalue weighted by Gasteiger charge is -2.05. The van der Waals surface area contributed by atoms with Gasteiger partial charge in [-0.15, -0.1) is 0 Å². The van der Waals surface area contributed by atoms with Crippen LogP contribution in [0.1, 0.15) is 18.9 Å². The third kappa shape index (κ3) is 2.21. The van der Waals surface area contributed by atoms with Crippen molar-refractivity contribution in [2.45, 2.75) is 26.3 Å². The molecule has 0 amide bonds. The number of rotatable bonds is 5. The van der Waals surface area contributed by atoms with Crippen LogP contribution >= 0.6 is 0 Å². The minimum atomic E-state index is 0.633. The first-order valence-electron chi connectivity index (χ1n) is 4.62. The van der Waals surface area contributed by atoms with Crippen LogP contribution in [0.15, 0.2) is 6.20 Å². The molecule has 0 fully saturated rings. The minimum Gasteiger partial charge on any atom is -0.481 e. The summed E-state index contributed by atoms with van der Waals surface area (Å²) in [5.74, 6) is 0.854. The summed E-state index contributed by atoms with van der Waals surface area (Å²) in [7, 11) is 1.67. The highest BCUT2D eigenvalue weighted by Crippen LogP contribution is 2.17. The second-order valence-corrected chi connectivity index (χ2v) is 2.94. The van der Waals surface area contributed by atoms with Crippen molar-refractivity contribution in [2.24, 2.45) is 5.73 Å². The first-order valence-corrected chi connectivity index (χ1v) is 4.62. The molecular weight excluding hydrogens is 166 g/mol. The van der Waals surface area contributed by atoms with Crippen molar-refractivity contribution in [3.8, 4) is 5.88 Å². The summed E-state index contributed by atoms with van der Waals surface area (Å²) in [5, 5.41) is 4.23. The van der Waals surface area contributed by atoms with Crippen molar-refractivity contribution < 1.29 is 4.74 Å². The molecule has 4 nitrogen and oxygen atoms in total. The third-order valence-electron chi connectivity index (χ3n) is 1.90. The highest BCUT2D eigenvalue weighted by atomic mass is 16.5. The SMILES string of the molecule is CCCn1ncc(CCN)c1OC. The Morgan fingerprint density at radius 1 is 1.62 bits per heavy atom. The summed E-state index contributed by atoms with van der Waals surface area (Å²) >= 11 is 0. The van der Waals surface area contributed by atoms with Crippen LogP contribution in [0.5, 0.6) is 5.88 Å². The predicted molar refractivity (Wildman–Crippen MR) is 51.8 cm³/mol. The smallest absolute Gasteiger partial charge is 0.214 e. The normalized spacial score (nSPS) is 10.4. The van der Waals surface area contributed by atoms with Gasteiger partial charge in [0, 0.05) is 12.1 Å². The van der Waals surface area contributed by atoms with Gasteiger partial charge >= 0.3 is 0 Å². The Balaban J connectivity index is 2.82. The predicted octanol–water partition coefficient (Wildman–Crippen LogP) is 0.803. The van der Waals surface area contributed by atoms with E-state index >= 15 is 0 Å². The van der Waals surface area contributed by atoms with Crippen molar-refractivity contribution >= 4 is 0 Å². The van der Waals surface area contributed by atoms with E-state index in [1.54, 1.807) is 7.11 Å². The van der Waals surface area contributed by atoms with Gasteiger partial charge in [-0.1, -0.05) is 6.92 Å². The Morgan fingerprint density at radius 3 is 2.92 bits per heavy atom. The van der Waals surface area contributed by atoms with Gasteiger partial charge in [-0.05, 0) is 19.4 Å². The minimum absolute atomic E-state index is 0.633. The average Bonchev–Trinajstić information content (AvgIpc) is 2.49. The number of nitrogens with zero attached hydrogens (tertiary/aromatic N) is 2. The molecule has 0 spiro atoms. The summed E-state index contributed by atoms with van der Waals surface area (Å²) in [4.78, 5) is 0. The molecule has 0 unspecified atom stereocenters. The zero-order valence-corrected chi connectivity index (χ0v) is 8.29. The largest absolute Gasteiger partial charge is 0.481 e. The zero-order valence-electron chi connectivity index (χ0n) is 8.29. The second-order valence-electron chi connectivity index (χ2n) is 2.94. The highest BCUT2D eigenvalue weighted by molar-refractivity contribution is 5.24.